The lowest BCUT2D eigenvalue weighted by Crippen LogP contribution is -2.25. The molecule has 0 amide bonds. The van der Waals surface area contributed by atoms with E-state index in [9.17, 15) is 8.42 Å². The lowest BCUT2D eigenvalue weighted by Gasteiger charge is -2.07. The molecule has 0 aromatic carbocycles. The Morgan fingerprint density at radius 2 is 2.06 bits per heavy atom. The van der Waals surface area contributed by atoms with Crippen LogP contribution in [0.15, 0.2) is 27.8 Å². The monoisotopic (exact) mass is 334 g/mol. The van der Waals surface area contributed by atoms with Gasteiger partial charge >= 0.3 is 0 Å². The highest BCUT2D eigenvalue weighted by atomic mass is 79.9. The van der Waals surface area contributed by atoms with Gasteiger partial charge in [-0.05, 0) is 34.3 Å². The molecule has 0 fully saturated rings. The molecule has 1 heterocycles. The molecular weight excluding hydrogens is 316 g/mol. The van der Waals surface area contributed by atoms with Crippen LogP contribution in [0, 0.1) is 5.92 Å². The molecule has 0 aliphatic carbocycles. The largest absolute Gasteiger partial charge is 0.262 e. The molecule has 1 rings (SSSR count). The lowest BCUT2D eigenvalue weighted by atomic mass is 10.1. The van der Waals surface area contributed by atoms with Crippen LogP contribution < -0.4 is 4.72 Å². The fourth-order valence-electron chi connectivity index (χ4n) is 1.51. The highest BCUT2D eigenvalue weighted by Crippen LogP contribution is 2.14. The Bertz CT molecular complexity index is 475. The lowest BCUT2D eigenvalue weighted by molar-refractivity contribution is 0.530. The zero-order chi connectivity index (χ0) is 13.6. The summed E-state index contributed by atoms with van der Waals surface area (Å²) in [5.41, 5.74) is 0. The van der Waals surface area contributed by atoms with Crippen molar-refractivity contribution in [1.82, 2.24) is 9.71 Å². The van der Waals surface area contributed by atoms with Crippen LogP contribution in [-0.4, -0.2) is 19.9 Å². The van der Waals surface area contributed by atoms with E-state index < -0.39 is 10.0 Å². The first-order chi connectivity index (χ1) is 8.42. The van der Waals surface area contributed by atoms with Crippen LogP contribution in [0.1, 0.15) is 33.1 Å². The van der Waals surface area contributed by atoms with E-state index in [0.717, 1.165) is 19.3 Å². The van der Waals surface area contributed by atoms with Crippen molar-refractivity contribution in [3.63, 3.8) is 0 Å². The summed E-state index contributed by atoms with van der Waals surface area (Å²) < 4.78 is 27.1. The van der Waals surface area contributed by atoms with Gasteiger partial charge in [0.1, 0.15) is 4.90 Å². The number of aromatic nitrogens is 1. The Kier molecular flexibility index (Phi) is 6.25. The summed E-state index contributed by atoms with van der Waals surface area (Å²) in [6.07, 6.45) is 5.93. The van der Waals surface area contributed by atoms with Crippen LogP contribution in [-0.2, 0) is 10.0 Å². The molecule has 6 heteroatoms. The van der Waals surface area contributed by atoms with Gasteiger partial charge in [-0.25, -0.2) is 13.1 Å². The molecule has 1 aromatic heterocycles. The van der Waals surface area contributed by atoms with Gasteiger partial charge in [0.2, 0.25) is 10.0 Å². The molecular formula is C12H19BrN2O2S. The molecule has 0 aliphatic heterocycles. The van der Waals surface area contributed by atoms with Crippen molar-refractivity contribution in [2.75, 3.05) is 6.54 Å². The van der Waals surface area contributed by atoms with Crippen LogP contribution >= 0.6 is 15.9 Å². The van der Waals surface area contributed by atoms with Gasteiger partial charge in [0.05, 0.1) is 0 Å². The van der Waals surface area contributed by atoms with Crippen molar-refractivity contribution in [3.05, 3.63) is 22.9 Å². The molecule has 0 atom stereocenters. The summed E-state index contributed by atoms with van der Waals surface area (Å²) in [5.74, 6) is 0.663. The zero-order valence-electron chi connectivity index (χ0n) is 10.7. The predicted octanol–water partition coefficient (Wildman–Crippen LogP) is 2.95. The average molecular weight is 335 g/mol. The first-order valence-electron chi connectivity index (χ1n) is 6.02. The standard InChI is InChI=1S/C12H19BrN2O2S/c1-10(2)5-3-4-6-15-18(16,17)12-7-11(13)8-14-9-12/h7-10,15H,3-6H2,1-2H3. The van der Waals surface area contributed by atoms with E-state index in [1.54, 1.807) is 12.3 Å². The number of rotatable bonds is 7. The van der Waals surface area contributed by atoms with Crippen molar-refractivity contribution in [3.8, 4) is 0 Å². The Labute approximate surface area is 117 Å². The third-order valence-corrected chi connectivity index (χ3v) is 4.35. The molecule has 0 radical (unpaired) electrons. The Morgan fingerprint density at radius 3 is 2.67 bits per heavy atom. The number of nitrogens with zero attached hydrogens (tertiary/aromatic N) is 1. The third-order valence-electron chi connectivity index (χ3n) is 2.49. The number of pyridine rings is 1. The van der Waals surface area contributed by atoms with E-state index >= 15 is 0 Å². The van der Waals surface area contributed by atoms with Crippen LogP contribution in [0.25, 0.3) is 0 Å². The maximum Gasteiger partial charge on any atom is 0.242 e. The van der Waals surface area contributed by atoms with Gasteiger partial charge in [-0.2, -0.15) is 0 Å². The van der Waals surface area contributed by atoms with Crippen molar-refractivity contribution in [1.29, 1.82) is 0 Å². The van der Waals surface area contributed by atoms with E-state index in [1.165, 1.54) is 6.20 Å². The van der Waals surface area contributed by atoms with E-state index in [2.05, 4.69) is 39.5 Å². The summed E-state index contributed by atoms with van der Waals surface area (Å²) in [4.78, 5) is 4.05. The van der Waals surface area contributed by atoms with Crippen molar-refractivity contribution < 1.29 is 8.42 Å². The number of hydrogen-bond acceptors (Lipinski definition) is 3. The van der Waals surface area contributed by atoms with E-state index in [4.69, 9.17) is 0 Å². The molecule has 18 heavy (non-hydrogen) atoms. The fourth-order valence-corrected chi connectivity index (χ4v) is 3.08. The smallest absolute Gasteiger partial charge is 0.242 e. The van der Waals surface area contributed by atoms with Gasteiger partial charge < -0.3 is 0 Å². The predicted molar refractivity (Wildman–Crippen MR) is 75.8 cm³/mol. The number of unbranched alkanes of at least 4 members (excludes halogenated alkanes) is 1. The maximum absolute atomic E-state index is 11.9. The molecule has 1 aromatic rings. The summed E-state index contributed by atoms with van der Waals surface area (Å²) in [6, 6.07) is 1.55. The Hall–Kier alpha value is -0.460. The van der Waals surface area contributed by atoms with Gasteiger partial charge in [-0.15, -0.1) is 0 Å². The highest BCUT2D eigenvalue weighted by Gasteiger charge is 2.13. The molecule has 0 saturated heterocycles. The molecule has 0 saturated carbocycles. The number of sulfonamides is 1. The van der Waals surface area contributed by atoms with Crippen molar-refractivity contribution in [2.45, 2.75) is 38.0 Å². The SMILES string of the molecule is CC(C)CCCCNS(=O)(=O)c1cncc(Br)c1. The average Bonchev–Trinajstić information content (AvgIpc) is 2.28. The second-order valence-electron chi connectivity index (χ2n) is 4.63. The van der Waals surface area contributed by atoms with Crippen LogP contribution in [0.2, 0.25) is 0 Å². The molecule has 1 N–H and O–H groups in total. The number of nitrogens with one attached hydrogen (secondary N) is 1. The topological polar surface area (TPSA) is 59.1 Å². The van der Waals surface area contributed by atoms with Gasteiger partial charge in [0.25, 0.3) is 0 Å². The molecule has 4 nitrogen and oxygen atoms in total. The highest BCUT2D eigenvalue weighted by molar-refractivity contribution is 9.10. The van der Waals surface area contributed by atoms with E-state index in [1.807, 2.05) is 0 Å². The number of hydrogen-bond donors (Lipinski definition) is 1. The normalized spacial score (nSPS) is 12.0. The minimum atomic E-state index is -3.43. The second kappa shape index (κ2) is 7.21. The molecule has 0 spiro atoms. The Balaban J connectivity index is 2.46. The van der Waals surface area contributed by atoms with Crippen molar-refractivity contribution >= 4 is 26.0 Å². The quantitative estimate of drug-likeness (QED) is 0.780. The van der Waals surface area contributed by atoms with Crippen LogP contribution in [0.3, 0.4) is 0 Å². The molecule has 102 valence electrons. The molecule has 0 unspecified atom stereocenters. The van der Waals surface area contributed by atoms with Gasteiger partial charge in [0.15, 0.2) is 0 Å². The Morgan fingerprint density at radius 1 is 1.33 bits per heavy atom. The van der Waals surface area contributed by atoms with Crippen molar-refractivity contribution in [2.24, 2.45) is 5.92 Å². The van der Waals surface area contributed by atoms with E-state index in [-0.39, 0.29) is 4.90 Å². The van der Waals surface area contributed by atoms with Crippen LogP contribution in [0.5, 0.6) is 0 Å². The zero-order valence-corrected chi connectivity index (χ0v) is 13.1. The van der Waals surface area contributed by atoms with Gasteiger partial charge in [-0.1, -0.05) is 26.7 Å². The first-order valence-corrected chi connectivity index (χ1v) is 8.29. The summed E-state index contributed by atoms with van der Waals surface area (Å²) in [7, 11) is -3.43. The minimum absolute atomic E-state index is 0.195. The van der Waals surface area contributed by atoms with Crippen LogP contribution in [0.4, 0.5) is 0 Å². The summed E-state index contributed by atoms with van der Waals surface area (Å²) >= 11 is 3.21. The minimum Gasteiger partial charge on any atom is -0.262 e. The summed E-state index contributed by atoms with van der Waals surface area (Å²) in [5, 5.41) is 0. The second-order valence-corrected chi connectivity index (χ2v) is 7.31. The van der Waals surface area contributed by atoms with E-state index in [0.29, 0.717) is 16.9 Å². The first kappa shape index (κ1) is 15.6. The van der Waals surface area contributed by atoms with Gasteiger partial charge in [0, 0.05) is 23.4 Å². The maximum atomic E-state index is 11.9. The molecule has 0 aliphatic rings. The number of halogens is 1. The summed E-state index contributed by atoms with van der Waals surface area (Å²) in [6.45, 7) is 4.80. The van der Waals surface area contributed by atoms with Gasteiger partial charge in [-0.3, -0.25) is 4.98 Å². The molecule has 0 bridgehead atoms. The fraction of sp³-hybridized carbons (Fsp3) is 0.583. The third kappa shape index (κ3) is 5.46.